The molecule has 2 aliphatic heterocycles. The number of amides is 2. The number of nitrogens with one attached hydrogen (secondary N) is 2. The van der Waals surface area contributed by atoms with Crippen molar-refractivity contribution in [3.05, 3.63) is 76.4 Å². The Hall–Kier alpha value is -3.45. The molecule has 2 aliphatic rings. The number of fused-ring (bicyclic) bond motifs is 1. The van der Waals surface area contributed by atoms with E-state index in [1.165, 1.54) is 12.1 Å². The van der Waals surface area contributed by atoms with Crippen LogP contribution in [-0.4, -0.2) is 46.0 Å². The van der Waals surface area contributed by atoms with Crippen LogP contribution < -0.4 is 5.32 Å². The Bertz CT molecular complexity index is 1270. The fourth-order valence-corrected chi connectivity index (χ4v) is 5.13. The summed E-state index contributed by atoms with van der Waals surface area (Å²) in [4.78, 5) is 31.1. The molecule has 3 aromatic rings. The van der Waals surface area contributed by atoms with E-state index in [4.69, 9.17) is 0 Å². The molecule has 6 nitrogen and oxygen atoms in total. The summed E-state index contributed by atoms with van der Waals surface area (Å²) < 4.78 is 13.9. The molecule has 1 unspecified atom stereocenters. The lowest BCUT2D eigenvalue weighted by Crippen LogP contribution is -2.30. The highest BCUT2D eigenvalue weighted by molar-refractivity contribution is 6.05. The molecule has 7 heteroatoms. The molecule has 0 spiro atoms. The number of hydrogen-bond acceptors (Lipinski definition) is 3. The van der Waals surface area contributed by atoms with E-state index in [-0.39, 0.29) is 17.6 Å². The van der Waals surface area contributed by atoms with Crippen LogP contribution in [-0.2, 0) is 11.2 Å². The third-order valence-corrected chi connectivity index (χ3v) is 6.78. The van der Waals surface area contributed by atoms with Gasteiger partial charge in [0, 0.05) is 36.6 Å². The molecular formula is C26H26FN3O3. The van der Waals surface area contributed by atoms with Crippen molar-refractivity contribution in [1.29, 1.82) is 0 Å². The maximum atomic E-state index is 13.9. The second-order valence-electron chi connectivity index (χ2n) is 8.95. The number of aliphatic hydroxyl groups excluding tert-OH is 1. The zero-order chi connectivity index (χ0) is 23.3. The molecule has 33 heavy (non-hydrogen) atoms. The summed E-state index contributed by atoms with van der Waals surface area (Å²) in [5.74, 6) is -1.01. The van der Waals surface area contributed by atoms with Gasteiger partial charge in [-0.3, -0.25) is 9.59 Å². The van der Waals surface area contributed by atoms with E-state index in [1.54, 1.807) is 11.0 Å². The minimum absolute atomic E-state index is 0.0965. The average Bonchev–Trinajstić information content (AvgIpc) is 3.43. The van der Waals surface area contributed by atoms with Crippen LogP contribution in [0.5, 0.6) is 0 Å². The van der Waals surface area contributed by atoms with E-state index < -0.39 is 12.0 Å². The zero-order valence-electron chi connectivity index (χ0n) is 18.6. The lowest BCUT2D eigenvalue weighted by Gasteiger charge is -2.16. The molecule has 2 amide bonds. The van der Waals surface area contributed by atoms with Crippen LogP contribution in [0.4, 0.5) is 10.1 Å². The van der Waals surface area contributed by atoms with Crippen LogP contribution in [0.3, 0.4) is 0 Å². The number of carbonyl (C=O) groups is 2. The zero-order valence-corrected chi connectivity index (χ0v) is 18.6. The lowest BCUT2D eigenvalue weighted by atomic mass is 9.88. The van der Waals surface area contributed by atoms with E-state index in [9.17, 15) is 19.1 Å². The van der Waals surface area contributed by atoms with Crippen molar-refractivity contribution in [2.45, 2.75) is 38.7 Å². The van der Waals surface area contributed by atoms with Crippen molar-refractivity contribution in [2.24, 2.45) is 0 Å². The van der Waals surface area contributed by atoms with Crippen molar-refractivity contribution in [3.63, 3.8) is 0 Å². The first kappa shape index (κ1) is 21.4. The molecule has 0 bridgehead atoms. The SMILES string of the molecule is Cc1[nH]c(CC2C(=O)Nc3cccc(-c4cccc(F)c4)c32)c(C)c1C(=O)N1CC[C@@H](O)C1. The molecule has 2 atom stereocenters. The van der Waals surface area contributed by atoms with Gasteiger partial charge < -0.3 is 20.3 Å². The van der Waals surface area contributed by atoms with Gasteiger partial charge in [0.25, 0.3) is 5.91 Å². The van der Waals surface area contributed by atoms with Gasteiger partial charge in [0.2, 0.25) is 5.91 Å². The van der Waals surface area contributed by atoms with Crippen LogP contribution >= 0.6 is 0 Å². The average molecular weight is 448 g/mol. The number of β-amino-alcohol motifs (C(OH)–C–C–N with tert-alkyl or cyclic N) is 1. The van der Waals surface area contributed by atoms with Gasteiger partial charge in [-0.25, -0.2) is 4.39 Å². The molecular weight excluding hydrogens is 421 g/mol. The van der Waals surface area contributed by atoms with Gasteiger partial charge in [0.15, 0.2) is 0 Å². The Morgan fingerprint density at radius 3 is 2.73 bits per heavy atom. The molecule has 3 heterocycles. The van der Waals surface area contributed by atoms with Crippen molar-refractivity contribution < 1.29 is 19.1 Å². The van der Waals surface area contributed by atoms with Gasteiger partial charge in [0.1, 0.15) is 5.82 Å². The fraction of sp³-hybridized carbons (Fsp3) is 0.308. The first-order valence-corrected chi connectivity index (χ1v) is 11.2. The topological polar surface area (TPSA) is 85.4 Å². The number of aromatic amines is 1. The van der Waals surface area contributed by atoms with Gasteiger partial charge in [0.05, 0.1) is 17.6 Å². The maximum Gasteiger partial charge on any atom is 0.256 e. The van der Waals surface area contributed by atoms with Crippen LogP contribution in [0.2, 0.25) is 0 Å². The smallest absolute Gasteiger partial charge is 0.256 e. The summed E-state index contributed by atoms with van der Waals surface area (Å²) in [6.45, 7) is 4.63. The molecule has 0 aliphatic carbocycles. The predicted molar refractivity (Wildman–Crippen MR) is 124 cm³/mol. The Labute approximate surface area is 191 Å². The summed E-state index contributed by atoms with van der Waals surface area (Å²) >= 11 is 0. The first-order valence-electron chi connectivity index (χ1n) is 11.2. The molecule has 1 aromatic heterocycles. The largest absolute Gasteiger partial charge is 0.391 e. The van der Waals surface area contributed by atoms with Crippen LogP contribution in [0.1, 0.15) is 45.2 Å². The number of aryl methyl sites for hydroxylation is 1. The first-order chi connectivity index (χ1) is 15.8. The summed E-state index contributed by atoms with van der Waals surface area (Å²) in [6, 6.07) is 12.0. The van der Waals surface area contributed by atoms with E-state index in [2.05, 4.69) is 10.3 Å². The third-order valence-electron chi connectivity index (χ3n) is 6.78. The Balaban J connectivity index is 1.50. The number of H-pyrrole nitrogens is 1. The molecule has 0 saturated carbocycles. The highest BCUT2D eigenvalue weighted by atomic mass is 19.1. The number of likely N-dealkylation sites (tertiary alicyclic amines) is 1. The summed E-state index contributed by atoms with van der Waals surface area (Å²) in [5, 5.41) is 12.8. The third kappa shape index (κ3) is 3.72. The second kappa shape index (κ2) is 8.15. The minimum atomic E-state index is -0.479. The second-order valence-corrected chi connectivity index (χ2v) is 8.95. The number of aromatic nitrogens is 1. The predicted octanol–water partition coefficient (Wildman–Crippen LogP) is 3.92. The number of rotatable bonds is 4. The number of hydrogen-bond donors (Lipinski definition) is 3. The van der Waals surface area contributed by atoms with E-state index in [1.807, 2.05) is 38.1 Å². The molecule has 3 N–H and O–H groups in total. The lowest BCUT2D eigenvalue weighted by molar-refractivity contribution is -0.117. The number of aliphatic hydroxyl groups is 1. The summed E-state index contributed by atoms with van der Waals surface area (Å²) in [6.07, 6.45) is 0.504. The summed E-state index contributed by atoms with van der Waals surface area (Å²) in [5.41, 5.74) is 6.13. The summed E-state index contributed by atoms with van der Waals surface area (Å²) in [7, 11) is 0. The van der Waals surface area contributed by atoms with Crippen LogP contribution in [0, 0.1) is 19.7 Å². The molecule has 0 radical (unpaired) electrons. The number of carbonyl (C=O) groups excluding carboxylic acids is 2. The monoisotopic (exact) mass is 447 g/mol. The molecule has 2 aromatic carbocycles. The Kier molecular flexibility index (Phi) is 5.29. The maximum absolute atomic E-state index is 13.9. The van der Waals surface area contributed by atoms with Gasteiger partial charge in [-0.2, -0.15) is 0 Å². The van der Waals surface area contributed by atoms with E-state index in [0.29, 0.717) is 31.5 Å². The van der Waals surface area contributed by atoms with E-state index >= 15 is 0 Å². The van der Waals surface area contributed by atoms with Gasteiger partial charge in [-0.1, -0.05) is 24.3 Å². The number of nitrogens with zero attached hydrogens (tertiary/aromatic N) is 1. The highest BCUT2D eigenvalue weighted by Gasteiger charge is 2.35. The fourth-order valence-electron chi connectivity index (χ4n) is 5.13. The Morgan fingerprint density at radius 2 is 2.00 bits per heavy atom. The molecule has 1 fully saturated rings. The van der Waals surface area contributed by atoms with Crippen molar-refractivity contribution in [3.8, 4) is 11.1 Å². The van der Waals surface area contributed by atoms with E-state index in [0.717, 1.165) is 39.3 Å². The number of halogens is 1. The normalized spacial score (nSPS) is 19.6. The highest BCUT2D eigenvalue weighted by Crippen LogP contribution is 2.42. The van der Waals surface area contributed by atoms with Crippen molar-refractivity contribution >= 4 is 17.5 Å². The van der Waals surface area contributed by atoms with Crippen LogP contribution in [0.25, 0.3) is 11.1 Å². The quantitative estimate of drug-likeness (QED) is 0.567. The van der Waals surface area contributed by atoms with Gasteiger partial charge in [-0.05, 0) is 60.7 Å². The molecule has 5 rings (SSSR count). The van der Waals surface area contributed by atoms with Crippen LogP contribution in [0.15, 0.2) is 42.5 Å². The van der Waals surface area contributed by atoms with Gasteiger partial charge in [-0.15, -0.1) is 0 Å². The molecule has 170 valence electrons. The number of anilines is 1. The standard InChI is InChI=1S/C26H26FN3O3/c1-14-22(28-15(2)23(14)26(33)30-10-9-18(31)13-30)12-20-24-19(16-5-3-6-17(27)11-16)7-4-8-21(24)29-25(20)32/h3-8,11,18,20,28,31H,9-10,12-13H2,1-2H3,(H,29,32)/t18-,20?/m1/s1. The molecule has 1 saturated heterocycles. The van der Waals surface area contributed by atoms with Gasteiger partial charge >= 0.3 is 0 Å². The van der Waals surface area contributed by atoms with Crippen molar-refractivity contribution in [2.75, 3.05) is 18.4 Å². The Morgan fingerprint density at radius 1 is 1.21 bits per heavy atom. The minimum Gasteiger partial charge on any atom is -0.391 e. The van der Waals surface area contributed by atoms with Crippen molar-refractivity contribution in [1.82, 2.24) is 9.88 Å². The number of benzene rings is 2.